The minimum atomic E-state index is 0.248. The van der Waals surface area contributed by atoms with Crippen LogP contribution in [0.15, 0.2) is 54.3 Å². The van der Waals surface area contributed by atoms with Crippen LogP contribution >= 0.6 is 0 Å². The number of aliphatic hydroxyl groups excluding tert-OH is 1. The molecule has 2 unspecified atom stereocenters. The molecule has 1 N–H and O–H groups in total. The zero-order chi connectivity index (χ0) is 21.1. The monoisotopic (exact) mass is 380 g/mol. The number of hydrogen-bond donors (Lipinski definition) is 1. The van der Waals surface area contributed by atoms with Crippen LogP contribution in [0.1, 0.15) is 82.9 Å². The largest absolute Gasteiger partial charge is 0.515 e. The Morgan fingerprint density at radius 3 is 2.29 bits per heavy atom. The van der Waals surface area contributed by atoms with Crippen LogP contribution in [0.4, 0.5) is 0 Å². The van der Waals surface area contributed by atoms with E-state index in [2.05, 4.69) is 58.5 Å². The molecule has 2 aliphatic rings. The van der Waals surface area contributed by atoms with E-state index < -0.39 is 0 Å². The van der Waals surface area contributed by atoms with Crippen LogP contribution in [-0.4, -0.2) is 11.9 Å². The summed E-state index contributed by atoms with van der Waals surface area (Å²) in [6, 6.07) is 7.25. The zero-order valence-electron chi connectivity index (χ0n) is 18.2. The fourth-order valence-electron chi connectivity index (χ4n) is 4.74. The van der Waals surface area contributed by atoms with Crippen molar-refractivity contribution >= 4 is 6.79 Å². The van der Waals surface area contributed by atoms with Gasteiger partial charge in [0.1, 0.15) is 6.79 Å². The highest BCUT2D eigenvalue weighted by Gasteiger charge is 2.38. The van der Waals surface area contributed by atoms with E-state index in [-0.39, 0.29) is 10.8 Å². The van der Waals surface area contributed by atoms with Crippen LogP contribution in [0.5, 0.6) is 0 Å². The Kier molecular flexibility index (Phi) is 6.75. The topological polar surface area (TPSA) is 37.3 Å². The molecule has 0 heterocycles. The SMILES string of the molecule is C=C1CC(/C=C/C(C)=C/O)C(c2ccc3c(c2)C(C)(C)CCC3(C)C)C1.C=O. The number of fused-ring (bicyclic) bond motifs is 1. The lowest BCUT2D eigenvalue weighted by molar-refractivity contribution is -0.0979. The van der Waals surface area contributed by atoms with E-state index in [1.807, 2.05) is 19.8 Å². The third kappa shape index (κ3) is 4.48. The highest BCUT2D eigenvalue weighted by atomic mass is 16.2. The normalized spacial score (nSPS) is 25.9. The smallest absolute Gasteiger partial charge is 0.106 e. The predicted molar refractivity (Wildman–Crippen MR) is 119 cm³/mol. The first kappa shape index (κ1) is 22.2. The molecule has 0 saturated heterocycles. The average Bonchev–Trinajstić information content (AvgIpc) is 3.05. The van der Waals surface area contributed by atoms with Crippen molar-refractivity contribution in [2.24, 2.45) is 5.92 Å². The molecule has 1 aromatic carbocycles. The van der Waals surface area contributed by atoms with Gasteiger partial charge in [0.2, 0.25) is 0 Å². The molecule has 1 aromatic rings. The van der Waals surface area contributed by atoms with Crippen LogP contribution in [0, 0.1) is 5.92 Å². The molecule has 3 rings (SSSR count). The van der Waals surface area contributed by atoms with Crippen molar-refractivity contribution in [3.8, 4) is 0 Å². The number of hydrogen-bond acceptors (Lipinski definition) is 2. The summed E-state index contributed by atoms with van der Waals surface area (Å²) in [5, 5.41) is 9.15. The molecule has 0 aromatic heterocycles. The number of benzene rings is 1. The minimum Gasteiger partial charge on any atom is -0.515 e. The Morgan fingerprint density at radius 1 is 1.07 bits per heavy atom. The molecule has 1 saturated carbocycles. The summed E-state index contributed by atoms with van der Waals surface area (Å²) in [6.45, 7) is 17.8. The lowest BCUT2D eigenvalue weighted by Gasteiger charge is -2.42. The van der Waals surface area contributed by atoms with Gasteiger partial charge in [-0.15, -0.1) is 0 Å². The van der Waals surface area contributed by atoms with E-state index in [4.69, 9.17) is 9.90 Å². The third-order valence-electron chi connectivity index (χ3n) is 6.66. The summed E-state index contributed by atoms with van der Waals surface area (Å²) in [4.78, 5) is 8.00. The molecule has 0 bridgehead atoms. The average molecular weight is 381 g/mol. The fourth-order valence-corrected chi connectivity index (χ4v) is 4.74. The summed E-state index contributed by atoms with van der Waals surface area (Å²) in [5.74, 6) is 0.964. The first-order valence-corrected chi connectivity index (χ1v) is 10.2. The van der Waals surface area contributed by atoms with Gasteiger partial charge in [0.15, 0.2) is 0 Å². The number of carbonyl (C=O) groups is 1. The van der Waals surface area contributed by atoms with Gasteiger partial charge >= 0.3 is 0 Å². The van der Waals surface area contributed by atoms with E-state index in [0.717, 1.165) is 18.4 Å². The van der Waals surface area contributed by atoms with Gasteiger partial charge < -0.3 is 9.90 Å². The van der Waals surface area contributed by atoms with Gasteiger partial charge in [-0.3, -0.25) is 0 Å². The molecule has 0 spiro atoms. The molecule has 1 fully saturated rings. The molecule has 28 heavy (non-hydrogen) atoms. The first-order chi connectivity index (χ1) is 13.1. The summed E-state index contributed by atoms with van der Waals surface area (Å²) in [7, 11) is 0. The van der Waals surface area contributed by atoms with E-state index in [1.165, 1.54) is 41.4 Å². The number of rotatable bonds is 3. The second-order valence-corrected chi connectivity index (χ2v) is 9.73. The molecule has 0 amide bonds. The summed E-state index contributed by atoms with van der Waals surface area (Å²) in [5.41, 5.74) is 7.28. The second-order valence-electron chi connectivity index (χ2n) is 9.73. The van der Waals surface area contributed by atoms with Crippen LogP contribution in [0.25, 0.3) is 0 Å². The third-order valence-corrected chi connectivity index (χ3v) is 6.66. The molecular formula is C26H36O2. The first-order valence-electron chi connectivity index (χ1n) is 10.2. The van der Waals surface area contributed by atoms with E-state index in [1.54, 1.807) is 0 Å². The van der Waals surface area contributed by atoms with Crippen molar-refractivity contribution in [3.05, 3.63) is 71.0 Å². The molecule has 0 aliphatic heterocycles. The van der Waals surface area contributed by atoms with Crippen LogP contribution in [0.2, 0.25) is 0 Å². The van der Waals surface area contributed by atoms with Gasteiger partial charge in [0.05, 0.1) is 6.26 Å². The standard InChI is InChI=1S/C25H34O.CH2O/c1-17(16-26)7-8-19-13-18(2)14-21(19)20-9-10-22-23(15-20)25(5,6)12-11-24(22,3)4;1-2/h7-10,15-16,19,21,26H,2,11-14H2,1,3-6H3;1H2/b8-7+,17-16+;. The molecule has 2 atom stereocenters. The van der Waals surface area contributed by atoms with Gasteiger partial charge in [0.25, 0.3) is 0 Å². The number of aliphatic hydroxyl groups is 1. The number of allylic oxidation sites excluding steroid dienone is 4. The molecule has 2 heteroatoms. The molecule has 152 valence electrons. The van der Waals surface area contributed by atoms with Crippen LogP contribution in [0.3, 0.4) is 0 Å². The molecule has 2 nitrogen and oxygen atoms in total. The van der Waals surface area contributed by atoms with Gasteiger partial charge in [-0.05, 0) is 77.5 Å². The van der Waals surface area contributed by atoms with Gasteiger partial charge in [-0.1, -0.05) is 70.2 Å². The fraction of sp³-hybridized carbons (Fsp3) is 0.500. The van der Waals surface area contributed by atoms with Crippen molar-refractivity contribution in [3.63, 3.8) is 0 Å². The lowest BCUT2D eigenvalue weighted by atomic mass is 9.62. The quantitative estimate of drug-likeness (QED) is 0.351. The van der Waals surface area contributed by atoms with E-state index in [0.29, 0.717) is 11.8 Å². The van der Waals surface area contributed by atoms with Gasteiger partial charge in [0, 0.05) is 0 Å². The highest BCUT2D eigenvalue weighted by molar-refractivity contribution is 5.45. The maximum Gasteiger partial charge on any atom is 0.106 e. The van der Waals surface area contributed by atoms with Gasteiger partial charge in [-0.2, -0.15) is 0 Å². The summed E-state index contributed by atoms with van der Waals surface area (Å²) < 4.78 is 0. The van der Waals surface area contributed by atoms with E-state index in [9.17, 15) is 0 Å². The molecular weight excluding hydrogens is 344 g/mol. The highest BCUT2D eigenvalue weighted by Crippen LogP contribution is 2.49. The summed E-state index contributed by atoms with van der Waals surface area (Å²) in [6.07, 6.45) is 10.1. The molecule has 2 aliphatic carbocycles. The second kappa shape index (κ2) is 8.51. The number of carbonyl (C=O) groups excluding carboxylic acids is 1. The molecule has 0 radical (unpaired) electrons. The Hall–Kier alpha value is -2.09. The van der Waals surface area contributed by atoms with Crippen molar-refractivity contribution in [1.29, 1.82) is 0 Å². The lowest BCUT2D eigenvalue weighted by Crippen LogP contribution is -2.34. The predicted octanol–water partition coefficient (Wildman–Crippen LogP) is 6.92. The maximum atomic E-state index is 9.15. The van der Waals surface area contributed by atoms with Gasteiger partial charge in [-0.25, -0.2) is 0 Å². The Morgan fingerprint density at radius 2 is 1.68 bits per heavy atom. The zero-order valence-corrected chi connectivity index (χ0v) is 18.2. The van der Waals surface area contributed by atoms with Crippen molar-refractivity contribution < 1.29 is 9.90 Å². The van der Waals surface area contributed by atoms with Crippen molar-refractivity contribution in [2.45, 2.75) is 77.0 Å². The maximum absolute atomic E-state index is 9.15. The summed E-state index contributed by atoms with van der Waals surface area (Å²) >= 11 is 0. The van der Waals surface area contributed by atoms with Crippen molar-refractivity contribution in [1.82, 2.24) is 0 Å². The Labute approximate surface area is 171 Å². The van der Waals surface area contributed by atoms with Crippen molar-refractivity contribution in [2.75, 3.05) is 0 Å². The van der Waals surface area contributed by atoms with Crippen LogP contribution in [-0.2, 0) is 15.6 Å². The van der Waals surface area contributed by atoms with E-state index >= 15 is 0 Å². The Bertz CT molecular complexity index is 780. The Balaban J connectivity index is 0.00000136. The minimum absolute atomic E-state index is 0.248. The van der Waals surface area contributed by atoms with Crippen LogP contribution < -0.4 is 0 Å².